The molecule has 116 valence electrons. The Morgan fingerprint density at radius 1 is 1.33 bits per heavy atom. The molecule has 0 bridgehead atoms. The fourth-order valence-corrected chi connectivity index (χ4v) is 2.72. The molecule has 7 heteroatoms. The molecule has 3 N–H and O–H groups in total. The zero-order chi connectivity index (χ0) is 15.6. The summed E-state index contributed by atoms with van der Waals surface area (Å²) in [6.07, 6.45) is -2.83. The Kier molecular flexibility index (Phi) is 4.73. The maximum absolute atomic E-state index is 12.9. The van der Waals surface area contributed by atoms with Crippen LogP contribution in [-0.4, -0.2) is 29.8 Å². The normalized spacial score (nSPS) is 17.0. The van der Waals surface area contributed by atoms with Gasteiger partial charge in [-0.15, -0.1) is 0 Å². The summed E-state index contributed by atoms with van der Waals surface area (Å²) in [7, 11) is 0. The van der Waals surface area contributed by atoms with Gasteiger partial charge in [0.25, 0.3) is 0 Å². The van der Waals surface area contributed by atoms with Crippen molar-refractivity contribution in [1.82, 2.24) is 0 Å². The number of alkyl halides is 3. The van der Waals surface area contributed by atoms with E-state index in [1.807, 2.05) is 4.90 Å². The minimum atomic E-state index is -4.47. The van der Waals surface area contributed by atoms with E-state index in [-0.39, 0.29) is 23.1 Å². The van der Waals surface area contributed by atoms with E-state index in [4.69, 9.17) is 23.1 Å². The lowest BCUT2D eigenvalue weighted by Crippen LogP contribution is -2.35. The second-order valence-electron chi connectivity index (χ2n) is 5.20. The van der Waals surface area contributed by atoms with Gasteiger partial charge in [-0.1, -0.05) is 12.2 Å². The number of halogens is 3. The number of hydrogen-bond acceptors (Lipinski definition) is 3. The van der Waals surface area contributed by atoms with Crippen molar-refractivity contribution in [2.75, 3.05) is 24.6 Å². The summed E-state index contributed by atoms with van der Waals surface area (Å²) in [5.74, 6) is 0.269. The van der Waals surface area contributed by atoms with Crippen molar-refractivity contribution >= 4 is 22.9 Å². The topological polar surface area (TPSA) is 49.5 Å². The van der Waals surface area contributed by atoms with Crippen molar-refractivity contribution in [3.05, 3.63) is 29.3 Å². The average molecular weight is 318 g/mol. The Hall–Kier alpha value is -1.34. The van der Waals surface area contributed by atoms with Crippen molar-refractivity contribution in [1.29, 1.82) is 0 Å². The van der Waals surface area contributed by atoms with Gasteiger partial charge in [0, 0.05) is 30.9 Å². The molecule has 0 saturated carbocycles. The van der Waals surface area contributed by atoms with Crippen LogP contribution in [0.4, 0.5) is 18.9 Å². The standard InChI is InChI=1S/C14H17F3N2OS/c15-14(16,17)12-2-1-10(7-11(12)13(18)21)19-5-3-9(8-20)4-6-19/h1-2,7,9,20H,3-6,8H2,(H2,18,21). The largest absolute Gasteiger partial charge is 0.417 e. The van der Waals surface area contributed by atoms with Crippen LogP contribution in [0.2, 0.25) is 0 Å². The van der Waals surface area contributed by atoms with E-state index >= 15 is 0 Å². The lowest BCUT2D eigenvalue weighted by Gasteiger charge is -2.33. The van der Waals surface area contributed by atoms with Crippen molar-refractivity contribution in [3.63, 3.8) is 0 Å². The molecule has 0 radical (unpaired) electrons. The Balaban J connectivity index is 2.27. The monoisotopic (exact) mass is 318 g/mol. The van der Waals surface area contributed by atoms with Gasteiger partial charge in [-0.3, -0.25) is 0 Å². The molecule has 3 nitrogen and oxygen atoms in total. The van der Waals surface area contributed by atoms with E-state index < -0.39 is 11.7 Å². The fraction of sp³-hybridized carbons (Fsp3) is 0.500. The first-order valence-electron chi connectivity index (χ1n) is 6.69. The summed E-state index contributed by atoms with van der Waals surface area (Å²) in [5, 5.41) is 9.11. The third-order valence-corrected chi connectivity index (χ3v) is 4.03. The molecule has 0 atom stereocenters. The Morgan fingerprint density at radius 2 is 1.95 bits per heavy atom. The molecule has 1 aromatic carbocycles. The minimum Gasteiger partial charge on any atom is -0.396 e. The van der Waals surface area contributed by atoms with Gasteiger partial charge in [0.1, 0.15) is 4.99 Å². The van der Waals surface area contributed by atoms with Crippen LogP contribution in [0.5, 0.6) is 0 Å². The summed E-state index contributed by atoms with van der Waals surface area (Å²) in [4.78, 5) is 1.74. The lowest BCUT2D eigenvalue weighted by atomic mass is 9.97. The zero-order valence-electron chi connectivity index (χ0n) is 11.4. The molecule has 21 heavy (non-hydrogen) atoms. The smallest absolute Gasteiger partial charge is 0.396 e. The van der Waals surface area contributed by atoms with Gasteiger partial charge in [-0.05, 0) is 37.0 Å². The highest BCUT2D eigenvalue weighted by Crippen LogP contribution is 2.34. The number of anilines is 1. The predicted octanol–water partition coefficient (Wildman–Crippen LogP) is 2.55. The number of hydrogen-bond donors (Lipinski definition) is 2. The van der Waals surface area contributed by atoms with Crippen LogP contribution in [0, 0.1) is 5.92 Å². The van der Waals surface area contributed by atoms with E-state index in [2.05, 4.69) is 0 Å². The highest BCUT2D eigenvalue weighted by molar-refractivity contribution is 7.80. The van der Waals surface area contributed by atoms with Crippen LogP contribution in [0.25, 0.3) is 0 Å². The van der Waals surface area contributed by atoms with Crippen LogP contribution in [-0.2, 0) is 6.18 Å². The molecule has 1 aliphatic heterocycles. The molecule has 0 amide bonds. The maximum atomic E-state index is 12.9. The van der Waals surface area contributed by atoms with Gasteiger partial charge in [0.15, 0.2) is 0 Å². The fourth-order valence-electron chi connectivity index (χ4n) is 2.55. The molecule has 2 rings (SSSR count). The highest BCUT2D eigenvalue weighted by Gasteiger charge is 2.34. The molecule has 0 aromatic heterocycles. The summed E-state index contributed by atoms with van der Waals surface area (Å²) in [5.41, 5.74) is 5.17. The van der Waals surface area contributed by atoms with Gasteiger partial charge >= 0.3 is 6.18 Å². The number of aliphatic hydroxyl groups excluding tert-OH is 1. The van der Waals surface area contributed by atoms with Crippen LogP contribution in [0.1, 0.15) is 24.0 Å². The predicted molar refractivity (Wildman–Crippen MR) is 79.4 cm³/mol. The third kappa shape index (κ3) is 3.65. The SMILES string of the molecule is NC(=S)c1cc(N2CCC(CO)CC2)ccc1C(F)(F)F. The van der Waals surface area contributed by atoms with Gasteiger partial charge in [0.2, 0.25) is 0 Å². The van der Waals surface area contributed by atoms with E-state index in [9.17, 15) is 13.2 Å². The number of rotatable bonds is 3. The first-order chi connectivity index (χ1) is 9.82. The van der Waals surface area contributed by atoms with Crippen LogP contribution >= 0.6 is 12.2 Å². The number of nitrogens with zero attached hydrogens (tertiary/aromatic N) is 1. The zero-order valence-corrected chi connectivity index (χ0v) is 12.2. The molecule has 0 unspecified atom stereocenters. The summed E-state index contributed by atoms with van der Waals surface area (Å²) < 4.78 is 38.8. The van der Waals surface area contributed by atoms with Crippen molar-refractivity contribution in [3.8, 4) is 0 Å². The maximum Gasteiger partial charge on any atom is 0.417 e. The first kappa shape index (κ1) is 16.0. The molecular formula is C14H17F3N2OS. The number of aliphatic hydroxyl groups is 1. The van der Waals surface area contributed by atoms with Crippen LogP contribution < -0.4 is 10.6 Å². The molecule has 1 aliphatic rings. The summed E-state index contributed by atoms with van der Waals surface area (Å²) in [6, 6.07) is 3.89. The second-order valence-corrected chi connectivity index (χ2v) is 5.64. The lowest BCUT2D eigenvalue weighted by molar-refractivity contribution is -0.137. The molecule has 1 fully saturated rings. The van der Waals surface area contributed by atoms with E-state index in [1.165, 1.54) is 12.1 Å². The number of nitrogens with two attached hydrogens (primary N) is 1. The molecule has 0 spiro atoms. The van der Waals surface area contributed by atoms with E-state index in [0.717, 1.165) is 18.9 Å². The molecular weight excluding hydrogens is 301 g/mol. The first-order valence-corrected chi connectivity index (χ1v) is 7.10. The van der Waals surface area contributed by atoms with Gasteiger partial charge < -0.3 is 15.7 Å². The van der Waals surface area contributed by atoms with Gasteiger partial charge in [-0.2, -0.15) is 13.2 Å². The Labute approximate surface area is 126 Å². The Morgan fingerprint density at radius 3 is 2.43 bits per heavy atom. The molecule has 1 heterocycles. The van der Waals surface area contributed by atoms with Gasteiger partial charge in [-0.25, -0.2) is 0 Å². The Bertz CT molecular complexity index is 525. The number of thiocarbonyl (C=S) groups is 1. The van der Waals surface area contributed by atoms with Crippen molar-refractivity contribution in [2.45, 2.75) is 19.0 Å². The van der Waals surface area contributed by atoms with Crippen molar-refractivity contribution in [2.24, 2.45) is 11.7 Å². The van der Waals surface area contributed by atoms with E-state index in [1.54, 1.807) is 0 Å². The number of piperidine rings is 1. The summed E-state index contributed by atoms with van der Waals surface area (Å²) in [6.45, 7) is 1.56. The quantitative estimate of drug-likeness (QED) is 0.841. The number of benzene rings is 1. The molecule has 0 aliphatic carbocycles. The van der Waals surface area contributed by atoms with E-state index in [0.29, 0.717) is 18.8 Å². The van der Waals surface area contributed by atoms with Crippen molar-refractivity contribution < 1.29 is 18.3 Å². The average Bonchev–Trinajstić information content (AvgIpc) is 2.45. The molecule has 1 aromatic rings. The highest BCUT2D eigenvalue weighted by atomic mass is 32.1. The molecule has 1 saturated heterocycles. The third-order valence-electron chi connectivity index (χ3n) is 3.81. The minimum absolute atomic E-state index is 0.140. The summed E-state index contributed by atoms with van der Waals surface area (Å²) >= 11 is 4.74. The van der Waals surface area contributed by atoms with Gasteiger partial charge in [0.05, 0.1) is 5.56 Å². The van der Waals surface area contributed by atoms with Crippen LogP contribution in [0.15, 0.2) is 18.2 Å². The van der Waals surface area contributed by atoms with Crippen LogP contribution in [0.3, 0.4) is 0 Å². The second kappa shape index (κ2) is 6.19.